The zero-order valence-electron chi connectivity index (χ0n) is 23.9. The van der Waals surface area contributed by atoms with Crippen molar-refractivity contribution in [1.29, 1.82) is 0 Å². The molecule has 2 heterocycles. The average molecular weight is 532 g/mol. The molecule has 8 heteroatoms. The molecule has 2 saturated heterocycles. The van der Waals surface area contributed by atoms with Gasteiger partial charge in [-0.25, -0.2) is 9.39 Å². The molecule has 1 aromatic carbocycles. The SMILES string of the molecule is N[N+]1(CCCCCCCCCCNC(=O)OCc2ccccc2)CCCCNCCN2CCCN(CC1)C2. The number of nitrogens with zero attached hydrogens (tertiary/aromatic N) is 3. The van der Waals surface area contributed by atoms with E-state index in [-0.39, 0.29) is 6.09 Å². The third-order valence-electron chi connectivity index (χ3n) is 8.03. The van der Waals surface area contributed by atoms with E-state index < -0.39 is 0 Å². The zero-order valence-corrected chi connectivity index (χ0v) is 23.9. The molecule has 0 aromatic heterocycles. The van der Waals surface area contributed by atoms with Crippen LogP contribution < -0.4 is 16.5 Å². The summed E-state index contributed by atoms with van der Waals surface area (Å²) in [6.07, 6.45) is 13.2. The number of carbonyl (C=O) groups excluding carboxylic acids is 1. The number of nitrogens with two attached hydrogens (primary N) is 1. The molecule has 0 radical (unpaired) electrons. The molecular formula is C30H55N6O2+. The normalized spacial score (nSPS) is 25.0. The number of ether oxygens (including phenoxy) is 1. The van der Waals surface area contributed by atoms with Crippen LogP contribution in [0.1, 0.15) is 76.2 Å². The van der Waals surface area contributed by atoms with Crippen LogP contribution in [0.5, 0.6) is 0 Å². The summed E-state index contributed by atoms with van der Waals surface area (Å²) in [6.45, 7) is 12.4. The first-order valence-corrected chi connectivity index (χ1v) is 15.4. The molecule has 2 aliphatic heterocycles. The second kappa shape index (κ2) is 18.6. The summed E-state index contributed by atoms with van der Waals surface area (Å²) in [5.74, 6) is 6.96. The van der Waals surface area contributed by atoms with Crippen LogP contribution >= 0.6 is 0 Å². The van der Waals surface area contributed by atoms with Crippen molar-refractivity contribution in [3.63, 3.8) is 0 Å². The Balaban J connectivity index is 1.18. The van der Waals surface area contributed by atoms with Crippen LogP contribution in [0.3, 0.4) is 0 Å². The highest BCUT2D eigenvalue weighted by Gasteiger charge is 2.25. The second-order valence-electron chi connectivity index (χ2n) is 11.4. The number of amides is 1. The number of unbranched alkanes of at least 4 members (excludes halogenated alkanes) is 7. The summed E-state index contributed by atoms with van der Waals surface area (Å²) < 4.78 is 6.00. The minimum atomic E-state index is -0.323. The first-order valence-electron chi connectivity index (χ1n) is 15.4. The number of nitrogens with one attached hydrogen (secondary N) is 2. The van der Waals surface area contributed by atoms with E-state index in [1.807, 2.05) is 30.3 Å². The minimum Gasteiger partial charge on any atom is -0.445 e. The van der Waals surface area contributed by atoms with Gasteiger partial charge in [-0.2, -0.15) is 5.84 Å². The van der Waals surface area contributed by atoms with Crippen molar-refractivity contribution < 1.29 is 14.1 Å². The van der Waals surface area contributed by atoms with Gasteiger partial charge in [0.15, 0.2) is 0 Å². The summed E-state index contributed by atoms with van der Waals surface area (Å²) in [6, 6.07) is 9.78. The highest BCUT2D eigenvalue weighted by Crippen LogP contribution is 2.13. The molecule has 0 saturated carbocycles. The van der Waals surface area contributed by atoms with Crippen molar-refractivity contribution in [2.75, 3.05) is 72.1 Å². The number of rotatable bonds is 13. The maximum absolute atomic E-state index is 11.8. The van der Waals surface area contributed by atoms with Gasteiger partial charge in [0.2, 0.25) is 0 Å². The molecule has 0 spiro atoms. The Bertz CT molecular complexity index is 752. The number of hydrogen-bond donors (Lipinski definition) is 3. The molecule has 2 aliphatic rings. The van der Waals surface area contributed by atoms with Gasteiger partial charge in [0.1, 0.15) is 13.2 Å². The van der Waals surface area contributed by atoms with Gasteiger partial charge in [-0.1, -0.05) is 62.4 Å². The van der Waals surface area contributed by atoms with E-state index in [9.17, 15) is 4.79 Å². The molecule has 1 amide bonds. The van der Waals surface area contributed by atoms with E-state index in [1.165, 1.54) is 77.4 Å². The molecule has 2 bridgehead atoms. The highest BCUT2D eigenvalue weighted by atomic mass is 16.5. The lowest BCUT2D eigenvalue weighted by Gasteiger charge is -2.38. The van der Waals surface area contributed by atoms with Crippen LogP contribution in [-0.4, -0.2) is 92.6 Å². The second-order valence-corrected chi connectivity index (χ2v) is 11.4. The largest absolute Gasteiger partial charge is 0.445 e. The molecule has 4 N–H and O–H groups in total. The van der Waals surface area contributed by atoms with Gasteiger partial charge in [-0.3, -0.25) is 9.80 Å². The van der Waals surface area contributed by atoms with Crippen molar-refractivity contribution in [2.24, 2.45) is 5.84 Å². The first-order chi connectivity index (χ1) is 18.6. The standard InChI is InChI=1S/C30H54N6O2/c31-36(25-13-11-17-32-19-22-34-20-14-21-35(28-34)23-26-36)24-12-6-4-2-1-3-5-10-18-33-30(37)38-27-29-15-8-7-9-16-29/h7-9,15-16,32H,1-6,10-14,17-28,31H2/p+1. The van der Waals surface area contributed by atoms with E-state index in [4.69, 9.17) is 10.6 Å². The third-order valence-corrected chi connectivity index (χ3v) is 8.03. The van der Waals surface area contributed by atoms with Crippen LogP contribution in [0.4, 0.5) is 4.79 Å². The first kappa shape index (κ1) is 30.8. The van der Waals surface area contributed by atoms with E-state index in [0.29, 0.717) is 13.2 Å². The Morgan fingerprint density at radius 3 is 2.34 bits per heavy atom. The number of hydrogen-bond acceptors (Lipinski definition) is 6. The Hall–Kier alpha value is -1.71. The third kappa shape index (κ3) is 13.4. The Kier molecular flexibility index (Phi) is 15.1. The summed E-state index contributed by atoms with van der Waals surface area (Å²) in [5, 5.41) is 6.49. The fourth-order valence-electron chi connectivity index (χ4n) is 5.60. The number of carbonyl (C=O) groups is 1. The topological polar surface area (TPSA) is 82.9 Å². The molecule has 2 fully saturated rings. The Labute approximate surface area is 231 Å². The van der Waals surface area contributed by atoms with Crippen molar-refractivity contribution in [1.82, 2.24) is 20.4 Å². The smallest absolute Gasteiger partial charge is 0.407 e. The van der Waals surface area contributed by atoms with Gasteiger partial charge in [-0.05, 0) is 50.6 Å². The predicted octanol–water partition coefficient (Wildman–Crippen LogP) is 4.07. The average Bonchev–Trinajstić information content (AvgIpc) is 2.94. The molecule has 3 rings (SSSR count). The lowest BCUT2D eigenvalue weighted by atomic mass is 10.1. The summed E-state index contributed by atoms with van der Waals surface area (Å²) in [4.78, 5) is 17.0. The van der Waals surface area contributed by atoms with Gasteiger partial charge in [0, 0.05) is 32.7 Å². The molecule has 1 aromatic rings. The number of fused-ring (bicyclic) bond motifs is 2. The van der Waals surface area contributed by atoms with E-state index in [2.05, 4.69) is 20.4 Å². The van der Waals surface area contributed by atoms with Gasteiger partial charge in [0.05, 0.1) is 26.3 Å². The quantitative estimate of drug-likeness (QED) is 0.202. The lowest BCUT2D eigenvalue weighted by molar-refractivity contribution is -0.939. The maximum Gasteiger partial charge on any atom is 0.407 e. The van der Waals surface area contributed by atoms with Crippen LogP contribution in [0, 0.1) is 0 Å². The van der Waals surface area contributed by atoms with Crippen LogP contribution in [0.15, 0.2) is 30.3 Å². The van der Waals surface area contributed by atoms with E-state index in [0.717, 1.165) is 68.9 Å². The van der Waals surface area contributed by atoms with Crippen LogP contribution in [0.25, 0.3) is 0 Å². The van der Waals surface area contributed by atoms with Crippen molar-refractivity contribution in [3.8, 4) is 0 Å². The van der Waals surface area contributed by atoms with Gasteiger partial charge in [0.25, 0.3) is 0 Å². The van der Waals surface area contributed by atoms with Crippen LogP contribution in [-0.2, 0) is 11.3 Å². The molecule has 38 heavy (non-hydrogen) atoms. The Morgan fingerprint density at radius 2 is 1.55 bits per heavy atom. The van der Waals surface area contributed by atoms with Gasteiger partial charge >= 0.3 is 6.09 Å². The zero-order chi connectivity index (χ0) is 26.7. The lowest BCUT2D eigenvalue weighted by Crippen LogP contribution is -2.59. The van der Waals surface area contributed by atoms with Gasteiger partial charge in [-0.15, -0.1) is 0 Å². The Morgan fingerprint density at radius 1 is 0.842 bits per heavy atom. The van der Waals surface area contributed by atoms with Gasteiger partial charge < -0.3 is 15.4 Å². The molecular weight excluding hydrogens is 476 g/mol. The van der Waals surface area contributed by atoms with Crippen molar-refractivity contribution >= 4 is 6.09 Å². The summed E-state index contributed by atoms with van der Waals surface area (Å²) in [7, 11) is 0. The molecule has 8 nitrogen and oxygen atoms in total. The maximum atomic E-state index is 11.8. The number of alkyl carbamates (subject to hydrolysis) is 1. The monoisotopic (exact) mass is 531 g/mol. The molecule has 0 aliphatic carbocycles. The van der Waals surface area contributed by atoms with Crippen molar-refractivity contribution in [2.45, 2.75) is 77.2 Å². The highest BCUT2D eigenvalue weighted by molar-refractivity contribution is 5.67. The molecule has 216 valence electrons. The fraction of sp³-hybridized carbons (Fsp3) is 0.767. The molecule has 3 atom stereocenters. The molecule has 3 unspecified atom stereocenters. The number of quaternary nitrogens is 1. The fourth-order valence-corrected chi connectivity index (χ4v) is 5.60. The predicted molar refractivity (Wildman–Crippen MR) is 155 cm³/mol. The summed E-state index contributed by atoms with van der Waals surface area (Å²) >= 11 is 0. The van der Waals surface area contributed by atoms with E-state index in [1.54, 1.807) is 0 Å². The van der Waals surface area contributed by atoms with Crippen molar-refractivity contribution in [3.05, 3.63) is 35.9 Å². The number of benzene rings is 1. The summed E-state index contributed by atoms with van der Waals surface area (Å²) in [5.41, 5.74) is 1.01. The van der Waals surface area contributed by atoms with E-state index >= 15 is 0 Å². The minimum absolute atomic E-state index is 0.323. The van der Waals surface area contributed by atoms with Crippen LogP contribution in [0.2, 0.25) is 0 Å².